The lowest BCUT2D eigenvalue weighted by atomic mass is 9.97. The van der Waals surface area contributed by atoms with Crippen LogP contribution in [0.4, 0.5) is 0 Å². The van der Waals surface area contributed by atoms with Gasteiger partial charge >= 0.3 is 0 Å². The molecule has 0 spiro atoms. The van der Waals surface area contributed by atoms with Gasteiger partial charge in [0.1, 0.15) is 0 Å². The molecule has 1 atom stereocenters. The minimum absolute atomic E-state index is 0.324. The SMILES string of the molecule is Cc1cccc(-c2cccc(C3C=CC=CN3C)c2)c1. The van der Waals surface area contributed by atoms with Crippen molar-refractivity contribution in [2.45, 2.75) is 13.0 Å². The molecule has 2 aromatic rings. The molecular formula is C19H19N. The van der Waals surface area contributed by atoms with Gasteiger partial charge in [-0.1, -0.05) is 60.2 Å². The van der Waals surface area contributed by atoms with E-state index in [1.165, 1.54) is 22.3 Å². The molecule has 20 heavy (non-hydrogen) atoms. The van der Waals surface area contributed by atoms with Gasteiger partial charge in [0.2, 0.25) is 0 Å². The summed E-state index contributed by atoms with van der Waals surface area (Å²) in [6.45, 7) is 2.13. The lowest BCUT2D eigenvalue weighted by Gasteiger charge is -2.27. The van der Waals surface area contributed by atoms with Gasteiger partial charge in [0.25, 0.3) is 0 Å². The Hall–Kier alpha value is -2.28. The largest absolute Gasteiger partial charge is 0.370 e. The molecule has 1 unspecified atom stereocenters. The Labute approximate surface area is 120 Å². The Kier molecular flexibility index (Phi) is 3.42. The first-order valence-corrected chi connectivity index (χ1v) is 6.98. The third-order valence-electron chi connectivity index (χ3n) is 3.74. The van der Waals surface area contributed by atoms with Crippen LogP contribution >= 0.6 is 0 Å². The average Bonchev–Trinajstić information content (AvgIpc) is 2.48. The van der Waals surface area contributed by atoms with Crippen molar-refractivity contribution in [1.82, 2.24) is 4.90 Å². The Morgan fingerprint density at radius 3 is 2.40 bits per heavy atom. The number of nitrogens with zero attached hydrogens (tertiary/aromatic N) is 1. The van der Waals surface area contributed by atoms with Crippen molar-refractivity contribution < 1.29 is 0 Å². The van der Waals surface area contributed by atoms with Crippen LogP contribution in [0.3, 0.4) is 0 Å². The Balaban J connectivity index is 1.98. The van der Waals surface area contributed by atoms with Crippen LogP contribution in [0.15, 0.2) is 73.0 Å². The van der Waals surface area contributed by atoms with Gasteiger partial charge in [-0.3, -0.25) is 0 Å². The molecule has 1 nitrogen and oxygen atoms in total. The summed E-state index contributed by atoms with van der Waals surface area (Å²) in [4.78, 5) is 2.23. The second kappa shape index (κ2) is 5.38. The van der Waals surface area contributed by atoms with E-state index in [4.69, 9.17) is 0 Å². The molecule has 0 aliphatic carbocycles. The van der Waals surface area contributed by atoms with Crippen LogP contribution in [0.1, 0.15) is 17.2 Å². The van der Waals surface area contributed by atoms with Crippen molar-refractivity contribution >= 4 is 0 Å². The van der Waals surface area contributed by atoms with Gasteiger partial charge < -0.3 is 4.90 Å². The van der Waals surface area contributed by atoms with Gasteiger partial charge in [-0.05, 0) is 42.0 Å². The molecule has 1 aliphatic rings. The Morgan fingerprint density at radius 1 is 0.900 bits per heavy atom. The summed E-state index contributed by atoms with van der Waals surface area (Å²) in [6.07, 6.45) is 8.53. The second-order valence-electron chi connectivity index (χ2n) is 5.33. The number of hydrogen-bond donors (Lipinski definition) is 0. The van der Waals surface area contributed by atoms with Crippen molar-refractivity contribution in [2.75, 3.05) is 7.05 Å². The van der Waals surface area contributed by atoms with Crippen molar-refractivity contribution in [3.05, 3.63) is 84.1 Å². The zero-order valence-electron chi connectivity index (χ0n) is 12.0. The van der Waals surface area contributed by atoms with Gasteiger partial charge in [0, 0.05) is 7.05 Å². The second-order valence-corrected chi connectivity index (χ2v) is 5.33. The molecule has 0 aromatic heterocycles. The monoisotopic (exact) mass is 261 g/mol. The van der Waals surface area contributed by atoms with E-state index in [1.54, 1.807) is 0 Å². The van der Waals surface area contributed by atoms with E-state index in [0.717, 1.165) is 0 Å². The molecule has 1 heteroatoms. The molecule has 0 N–H and O–H groups in total. The van der Waals surface area contributed by atoms with Crippen molar-refractivity contribution in [2.24, 2.45) is 0 Å². The molecule has 0 fully saturated rings. The average molecular weight is 261 g/mol. The van der Waals surface area contributed by atoms with Crippen LogP contribution < -0.4 is 0 Å². The summed E-state index contributed by atoms with van der Waals surface area (Å²) in [6, 6.07) is 17.8. The van der Waals surface area contributed by atoms with Crippen LogP contribution in [0.5, 0.6) is 0 Å². The molecule has 1 heterocycles. The smallest absolute Gasteiger partial charge is 0.0721 e. The van der Waals surface area contributed by atoms with Gasteiger partial charge in [0.15, 0.2) is 0 Å². The Bertz CT molecular complexity index is 667. The van der Waals surface area contributed by atoms with E-state index in [1.807, 2.05) is 0 Å². The first-order valence-electron chi connectivity index (χ1n) is 6.98. The molecule has 0 radical (unpaired) electrons. The number of rotatable bonds is 2. The van der Waals surface area contributed by atoms with Crippen molar-refractivity contribution in [3.8, 4) is 11.1 Å². The molecule has 1 aliphatic heterocycles. The maximum Gasteiger partial charge on any atom is 0.0721 e. The number of allylic oxidation sites excluding steroid dienone is 2. The zero-order chi connectivity index (χ0) is 13.9. The molecule has 0 amide bonds. The van der Waals surface area contributed by atoms with Crippen molar-refractivity contribution in [3.63, 3.8) is 0 Å². The van der Waals surface area contributed by atoms with E-state index in [2.05, 4.69) is 91.8 Å². The highest BCUT2D eigenvalue weighted by atomic mass is 15.1. The number of hydrogen-bond acceptors (Lipinski definition) is 1. The molecule has 0 bridgehead atoms. The summed E-state index contributed by atoms with van der Waals surface area (Å²) in [5, 5.41) is 0. The molecular weight excluding hydrogens is 242 g/mol. The number of likely N-dealkylation sites (N-methyl/N-ethyl adjacent to an activating group) is 1. The fourth-order valence-electron chi connectivity index (χ4n) is 2.66. The zero-order valence-corrected chi connectivity index (χ0v) is 12.0. The minimum Gasteiger partial charge on any atom is -0.370 e. The maximum absolute atomic E-state index is 2.29. The number of benzene rings is 2. The van der Waals surface area contributed by atoms with Crippen molar-refractivity contribution in [1.29, 1.82) is 0 Å². The third-order valence-corrected chi connectivity index (χ3v) is 3.74. The van der Waals surface area contributed by atoms with E-state index in [-0.39, 0.29) is 0 Å². The predicted molar refractivity (Wildman–Crippen MR) is 85.4 cm³/mol. The summed E-state index contributed by atoms with van der Waals surface area (Å²) in [7, 11) is 2.12. The van der Waals surface area contributed by atoms with E-state index in [9.17, 15) is 0 Å². The van der Waals surface area contributed by atoms with E-state index < -0.39 is 0 Å². The third kappa shape index (κ3) is 2.53. The predicted octanol–water partition coefficient (Wildman–Crippen LogP) is 4.72. The van der Waals surface area contributed by atoms with Gasteiger partial charge in [0.05, 0.1) is 6.04 Å². The summed E-state index contributed by atoms with van der Waals surface area (Å²) in [5.74, 6) is 0. The Morgan fingerprint density at radius 2 is 1.65 bits per heavy atom. The van der Waals surface area contributed by atoms with Gasteiger partial charge in [-0.2, -0.15) is 0 Å². The lowest BCUT2D eigenvalue weighted by Crippen LogP contribution is -2.18. The summed E-state index contributed by atoms with van der Waals surface area (Å²) >= 11 is 0. The molecule has 0 saturated heterocycles. The number of aryl methyl sites for hydroxylation is 1. The first kappa shape index (κ1) is 12.7. The summed E-state index contributed by atoms with van der Waals surface area (Å²) in [5.41, 5.74) is 5.19. The fraction of sp³-hybridized carbons (Fsp3) is 0.158. The molecule has 2 aromatic carbocycles. The highest BCUT2D eigenvalue weighted by Gasteiger charge is 2.13. The summed E-state index contributed by atoms with van der Waals surface area (Å²) < 4.78 is 0. The quantitative estimate of drug-likeness (QED) is 0.756. The lowest BCUT2D eigenvalue weighted by molar-refractivity contribution is 0.390. The van der Waals surface area contributed by atoms with Crippen LogP contribution in [0, 0.1) is 6.92 Å². The van der Waals surface area contributed by atoms with Crippen LogP contribution in [-0.2, 0) is 0 Å². The van der Waals surface area contributed by atoms with E-state index >= 15 is 0 Å². The van der Waals surface area contributed by atoms with Crippen LogP contribution in [0.25, 0.3) is 11.1 Å². The van der Waals surface area contributed by atoms with E-state index in [0.29, 0.717) is 6.04 Å². The maximum atomic E-state index is 2.29. The fourth-order valence-corrected chi connectivity index (χ4v) is 2.66. The molecule has 0 saturated carbocycles. The van der Waals surface area contributed by atoms with Crippen LogP contribution in [0.2, 0.25) is 0 Å². The van der Waals surface area contributed by atoms with Gasteiger partial charge in [-0.15, -0.1) is 0 Å². The highest BCUT2D eigenvalue weighted by molar-refractivity contribution is 5.65. The molecule has 3 rings (SSSR count). The van der Waals surface area contributed by atoms with Gasteiger partial charge in [-0.25, -0.2) is 0 Å². The van der Waals surface area contributed by atoms with Crippen LogP contribution in [-0.4, -0.2) is 11.9 Å². The topological polar surface area (TPSA) is 3.24 Å². The standard InChI is InChI=1S/C19H19N/c1-15-7-5-8-16(13-15)17-9-6-10-18(14-17)19-11-3-4-12-20(19)2/h3-14,19H,1-2H3. The highest BCUT2D eigenvalue weighted by Crippen LogP contribution is 2.28. The minimum atomic E-state index is 0.324. The first-order chi connectivity index (χ1) is 9.74. The molecule has 100 valence electrons. The normalized spacial score (nSPS) is 17.5.